The first kappa shape index (κ1) is 10.3. The number of hydrogen-bond donors (Lipinski definition) is 1. The highest BCUT2D eigenvalue weighted by Crippen LogP contribution is 2.37. The molecule has 2 heterocycles. The van der Waals surface area contributed by atoms with Gasteiger partial charge in [0.25, 0.3) is 0 Å². The van der Waals surface area contributed by atoms with Crippen LogP contribution >= 0.6 is 12.2 Å². The van der Waals surface area contributed by atoms with E-state index in [0.29, 0.717) is 6.04 Å². The summed E-state index contributed by atoms with van der Waals surface area (Å²) in [4.78, 5) is 2.28. The van der Waals surface area contributed by atoms with Gasteiger partial charge in [0.1, 0.15) is 0 Å². The molecule has 1 aliphatic carbocycles. The van der Waals surface area contributed by atoms with Crippen molar-refractivity contribution in [3.05, 3.63) is 4.77 Å². The lowest BCUT2D eigenvalue weighted by Crippen LogP contribution is -2.28. The Bertz CT molecular complexity index is 415. The molecule has 0 unspecified atom stereocenters. The summed E-state index contributed by atoms with van der Waals surface area (Å²) < 4.78 is 8.37. The Hall–Kier alpha value is -0.880. The molecule has 1 N–H and O–H groups in total. The molecule has 1 aromatic heterocycles. The fourth-order valence-electron chi connectivity index (χ4n) is 2.13. The molecular weight excluding hydrogens is 224 g/mol. The Kier molecular flexibility index (Phi) is 2.69. The van der Waals surface area contributed by atoms with Crippen LogP contribution in [-0.4, -0.2) is 41.1 Å². The van der Waals surface area contributed by atoms with Crippen molar-refractivity contribution in [2.45, 2.75) is 25.3 Å². The van der Waals surface area contributed by atoms with Gasteiger partial charge in [0, 0.05) is 25.7 Å². The molecule has 16 heavy (non-hydrogen) atoms. The standard InChI is InChI=1S/C10H16N4OS/c16-10-12-11-9(14(10)8-2-3-8)13-4-1-6-15-7-5-13/h8H,1-7H2,(H,12,16). The third-order valence-electron chi connectivity index (χ3n) is 3.10. The summed E-state index contributed by atoms with van der Waals surface area (Å²) in [7, 11) is 0. The fourth-order valence-corrected chi connectivity index (χ4v) is 2.40. The second kappa shape index (κ2) is 4.18. The lowest BCUT2D eigenvalue weighted by atomic mass is 10.4. The molecule has 5 nitrogen and oxygen atoms in total. The summed E-state index contributed by atoms with van der Waals surface area (Å²) >= 11 is 5.28. The molecule has 0 bridgehead atoms. The molecule has 0 amide bonds. The van der Waals surface area contributed by atoms with Crippen LogP contribution in [0.3, 0.4) is 0 Å². The lowest BCUT2D eigenvalue weighted by Gasteiger charge is -2.20. The van der Waals surface area contributed by atoms with Crippen LogP contribution in [-0.2, 0) is 4.74 Å². The quantitative estimate of drug-likeness (QED) is 0.796. The van der Waals surface area contributed by atoms with Gasteiger partial charge in [-0.1, -0.05) is 0 Å². The van der Waals surface area contributed by atoms with Crippen LogP contribution in [0.25, 0.3) is 0 Å². The molecule has 0 radical (unpaired) electrons. The van der Waals surface area contributed by atoms with Gasteiger partial charge < -0.3 is 9.64 Å². The first-order valence-electron chi connectivity index (χ1n) is 5.86. The number of anilines is 1. The molecule has 1 saturated carbocycles. The van der Waals surface area contributed by atoms with Crippen LogP contribution in [0.5, 0.6) is 0 Å². The Morgan fingerprint density at radius 3 is 3.00 bits per heavy atom. The van der Waals surface area contributed by atoms with Crippen molar-refractivity contribution >= 4 is 18.2 Å². The number of aromatic amines is 1. The summed E-state index contributed by atoms with van der Waals surface area (Å²) in [6.45, 7) is 3.55. The number of aromatic nitrogens is 3. The molecule has 1 aliphatic heterocycles. The minimum Gasteiger partial charge on any atom is -0.380 e. The smallest absolute Gasteiger partial charge is 0.226 e. The number of nitrogens with one attached hydrogen (secondary N) is 1. The first-order valence-corrected chi connectivity index (χ1v) is 6.26. The van der Waals surface area contributed by atoms with Crippen LogP contribution in [0.4, 0.5) is 5.95 Å². The fraction of sp³-hybridized carbons (Fsp3) is 0.800. The molecule has 6 heteroatoms. The summed E-state index contributed by atoms with van der Waals surface area (Å²) in [5.41, 5.74) is 0. The molecular formula is C10H16N4OS. The van der Waals surface area contributed by atoms with E-state index < -0.39 is 0 Å². The Labute approximate surface area is 99.4 Å². The van der Waals surface area contributed by atoms with Crippen molar-refractivity contribution in [3.8, 4) is 0 Å². The first-order chi connectivity index (χ1) is 7.86. The largest absolute Gasteiger partial charge is 0.380 e. The zero-order chi connectivity index (χ0) is 11.0. The predicted octanol–water partition coefficient (Wildman–Crippen LogP) is 1.50. The minimum atomic E-state index is 0.574. The topological polar surface area (TPSA) is 46.1 Å². The van der Waals surface area contributed by atoms with E-state index in [-0.39, 0.29) is 0 Å². The Morgan fingerprint density at radius 1 is 1.31 bits per heavy atom. The van der Waals surface area contributed by atoms with Crippen molar-refractivity contribution in [3.63, 3.8) is 0 Å². The van der Waals surface area contributed by atoms with Crippen LogP contribution in [0.2, 0.25) is 0 Å². The molecule has 2 fully saturated rings. The molecule has 2 aliphatic rings. The molecule has 3 rings (SSSR count). The average Bonchev–Trinajstić information content (AvgIpc) is 3.08. The van der Waals surface area contributed by atoms with Gasteiger partial charge in [-0.3, -0.25) is 4.57 Å². The number of H-pyrrole nitrogens is 1. The van der Waals surface area contributed by atoms with Gasteiger partial charge >= 0.3 is 0 Å². The van der Waals surface area contributed by atoms with Crippen molar-refractivity contribution in [1.82, 2.24) is 14.8 Å². The minimum absolute atomic E-state index is 0.574. The maximum atomic E-state index is 5.45. The summed E-state index contributed by atoms with van der Waals surface area (Å²) in [6.07, 6.45) is 3.51. The number of hydrogen-bond acceptors (Lipinski definition) is 4. The highest BCUT2D eigenvalue weighted by molar-refractivity contribution is 7.71. The van der Waals surface area contributed by atoms with Crippen LogP contribution < -0.4 is 4.90 Å². The Balaban J connectivity index is 1.89. The molecule has 0 aromatic carbocycles. The predicted molar refractivity (Wildman–Crippen MR) is 63.3 cm³/mol. The third kappa shape index (κ3) is 1.87. The van der Waals surface area contributed by atoms with E-state index in [0.717, 1.165) is 43.4 Å². The van der Waals surface area contributed by atoms with Gasteiger partial charge in [0.15, 0.2) is 4.77 Å². The average molecular weight is 240 g/mol. The van der Waals surface area contributed by atoms with E-state index in [9.17, 15) is 0 Å². The normalized spacial score (nSPS) is 22.1. The summed E-state index contributed by atoms with van der Waals surface area (Å²) in [5.74, 6) is 0.998. The van der Waals surface area contributed by atoms with Gasteiger partial charge in [0.05, 0.1) is 6.61 Å². The second-order valence-corrected chi connectivity index (χ2v) is 4.77. The van der Waals surface area contributed by atoms with Gasteiger partial charge in [-0.15, -0.1) is 5.10 Å². The number of ether oxygens (including phenoxy) is 1. The van der Waals surface area contributed by atoms with E-state index in [1.165, 1.54) is 12.8 Å². The Morgan fingerprint density at radius 2 is 2.19 bits per heavy atom. The second-order valence-electron chi connectivity index (χ2n) is 4.38. The van der Waals surface area contributed by atoms with Crippen molar-refractivity contribution in [2.24, 2.45) is 0 Å². The zero-order valence-electron chi connectivity index (χ0n) is 9.19. The summed E-state index contributed by atoms with van der Waals surface area (Å²) in [5, 5.41) is 7.27. The van der Waals surface area contributed by atoms with E-state index in [1.54, 1.807) is 0 Å². The third-order valence-corrected chi connectivity index (χ3v) is 3.39. The molecule has 1 saturated heterocycles. The zero-order valence-corrected chi connectivity index (χ0v) is 10.0. The SMILES string of the molecule is S=c1[nH]nc(N2CCCOCC2)n1C1CC1. The number of rotatable bonds is 2. The highest BCUT2D eigenvalue weighted by Gasteiger charge is 2.29. The highest BCUT2D eigenvalue weighted by atomic mass is 32.1. The van der Waals surface area contributed by atoms with Crippen LogP contribution in [0, 0.1) is 4.77 Å². The van der Waals surface area contributed by atoms with Crippen molar-refractivity contribution in [2.75, 3.05) is 31.2 Å². The van der Waals surface area contributed by atoms with Gasteiger partial charge in [-0.2, -0.15) is 0 Å². The molecule has 0 atom stereocenters. The van der Waals surface area contributed by atoms with Crippen LogP contribution in [0.1, 0.15) is 25.3 Å². The van der Waals surface area contributed by atoms with Gasteiger partial charge in [-0.25, -0.2) is 5.10 Å². The van der Waals surface area contributed by atoms with Gasteiger partial charge in [-0.05, 0) is 31.5 Å². The van der Waals surface area contributed by atoms with E-state index in [1.807, 2.05) is 0 Å². The number of nitrogens with zero attached hydrogens (tertiary/aromatic N) is 3. The monoisotopic (exact) mass is 240 g/mol. The van der Waals surface area contributed by atoms with E-state index in [2.05, 4.69) is 19.7 Å². The molecule has 0 spiro atoms. The van der Waals surface area contributed by atoms with Gasteiger partial charge in [0.2, 0.25) is 5.95 Å². The van der Waals surface area contributed by atoms with E-state index in [4.69, 9.17) is 17.0 Å². The maximum Gasteiger partial charge on any atom is 0.226 e. The lowest BCUT2D eigenvalue weighted by molar-refractivity contribution is 0.152. The summed E-state index contributed by atoms with van der Waals surface area (Å²) in [6, 6.07) is 0.574. The van der Waals surface area contributed by atoms with E-state index >= 15 is 0 Å². The van der Waals surface area contributed by atoms with Crippen molar-refractivity contribution in [1.29, 1.82) is 0 Å². The van der Waals surface area contributed by atoms with Crippen LogP contribution in [0.15, 0.2) is 0 Å². The maximum absolute atomic E-state index is 5.45. The van der Waals surface area contributed by atoms with Crippen molar-refractivity contribution < 1.29 is 4.74 Å². The molecule has 88 valence electrons. The molecule has 1 aromatic rings.